The van der Waals surface area contributed by atoms with Gasteiger partial charge >= 0.3 is 11.1 Å². The van der Waals surface area contributed by atoms with Crippen molar-refractivity contribution < 1.29 is 9.84 Å². The molecule has 0 aliphatic carbocycles. The number of nitrogens with one attached hydrogen (secondary N) is 1. The molecule has 0 aliphatic rings. The second-order valence-corrected chi connectivity index (χ2v) is 5.36. The topological polar surface area (TPSA) is 97.2 Å². The molecule has 8 heteroatoms. The van der Waals surface area contributed by atoms with Crippen molar-refractivity contribution in [2.24, 2.45) is 7.05 Å². The van der Waals surface area contributed by atoms with Crippen LogP contribution in [0.5, 0.6) is 5.75 Å². The van der Waals surface area contributed by atoms with Crippen LogP contribution in [-0.4, -0.2) is 27.0 Å². The van der Waals surface area contributed by atoms with Crippen molar-refractivity contribution in [2.45, 2.75) is 23.1 Å². The molecule has 2 N–H and O–H groups in total. The van der Waals surface area contributed by atoms with E-state index in [1.165, 1.54) is 11.8 Å². The monoisotopic (exact) mass is 309 g/mol. The number of aliphatic hydroxyl groups is 1. The van der Waals surface area contributed by atoms with E-state index in [1.54, 1.807) is 32.2 Å². The molecule has 2 rings (SSSR count). The molecule has 0 radical (unpaired) electrons. The van der Waals surface area contributed by atoms with Crippen molar-refractivity contribution in [1.29, 1.82) is 0 Å². The van der Waals surface area contributed by atoms with Gasteiger partial charge in [-0.25, -0.2) is 0 Å². The number of ether oxygens (including phenoxy) is 1. The van der Waals surface area contributed by atoms with Crippen LogP contribution in [0.1, 0.15) is 18.6 Å². The average Bonchev–Trinajstić information content (AvgIpc) is 2.44. The molecule has 0 saturated carbocycles. The summed E-state index contributed by atoms with van der Waals surface area (Å²) in [5.41, 5.74) is -1.02. The third-order valence-electron chi connectivity index (χ3n) is 2.81. The zero-order valence-electron chi connectivity index (χ0n) is 11.8. The van der Waals surface area contributed by atoms with E-state index in [9.17, 15) is 14.7 Å². The number of aromatic nitrogens is 3. The lowest BCUT2D eigenvalue weighted by molar-refractivity contribution is 0.191. The summed E-state index contributed by atoms with van der Waals surface area (Å²) < 4.78 is 6.60. The van der Waals surface area contributed by atoms with Crippen molar-refractivity contribution in [3.8, 4) is 5.75 Å². The molecule has 0 fully saturated rings. The number of nitrogens with zero attached hydrogens (tertiary/aromatic N) is 2. The summed E-state index contributed by atoms with van der Waals surface area (Å²) in [5.74, 6) is 0.546. The average molecular weight is 309 g/mol. The highest BCUT2D eigenvalue weighted by atomic mass is 32.2. The lowest BCUT2D eigenvalue weighted by Crippen LogP contribution is -2.33. The number of rotatable bonds is 4. The number of aromatic amines is 1. The number of aryl methyl sites for hydroxylation is 1. The Morgan fingerprint density at radius 3 is 2.76 bits per heavy atom. The Morgan fingerprint density at radius 2 is 2.14 bits per heavy atom. The zero-order valence-corrected chi connectivity index (χ0v) is 12.6. The molecule has 0 bridgehead atoms. The van der Waals surface area contributed by atoms with Gasteiger partial charge in [-0.1, -0.05) is 6.07 Å². The van der Waals surface area contributed by atoms with Gasteiger partial charge in [-0.15, -0.1) is 0 Å². The van der Waals surface area contributed by atoms with E-state index in [0.29, 0.717) is 21.4 Å². The molecular weight excluding hydrogens is 294 g/mol. The first-order valence-electron chi connectivity index (χ1n) is 6.14. The molecule has 21 heavy (non-hydrogen) atoms. The van der Waals surface area contributed by atoms with Crippen LogP contribution < -0.4 is 15.9 Å². The molecule has 7 nitrogen and oxygen atoms in total. The molecule has 112 valence electrons. The molecule has 1 aromatic carbocycles. The Kier molecular flexibility index (Phi) is 4.49. The van der Waals surface area contributed by atoms with Gasteiger partial charge in [0, 0.05) is 17.5 Å². The first kappa shape index (κ1) is 15.3. The van der Waals surface area contributed by atoms with Crippen LogP contribution >= 0.6 is 11.8 Å². The molecule has 2 aromatic rings. The van der Waals surface area contributed by atoms with Crippen LogP contribution in [0.15, 0.2) is 37.8 Å². The van der Waals surface area contributed by atoms with E-state index < -0.39 is 17.2 Å². The minimum Gasteiger partial charge on any atom is -0.496 e. The van der Waals surface area contributed by atoms with E-state index in [0.717, 1.165) is 11.8 Å². The van der Waals surface area contributed by atoms with Gasteiger partial charge < -0.3 is 9.84 Å². The van der Waals surface area contributed by atoms with Gasteiger partial charge in [-0.05, 0) is 30.8 Å². The Morgan fingerprint density at radius 1 is 1.43 bits per heavy atom. The first-order valence-corrected chi connectivity index (χ1v) is 6.96. The largest absolute Gasteiger partial charge is 0.496 e. The summed E-state index contributed by atoms with van der Waals surface area (Å²) >= 11 is 1.16. The standard InChI is InChI=1S/C13H15N3O4S/c1-7(17)10-8(20-3)5-4-6-9(10)21-13-14-11(18)12(19)15-16(13)2/h4-7,17H,1-3H3,(H,15,19)/t7-/m0/s1. The van der Waals surface area contributed by atoms with Crippen molar-refractivity contribution in [3.05, 3.63) is 44.5 Å². The SMILES string of the molecule is COc1cccc(Sc2nc(=O)c(=O)[nH]n2C)c1[C@H](C)O. The van der Waals surface area contributed by atoms with Crippen molar-refractivity contribution in [3.63, 3.8) is 0 Å². The van der Waals surface area contributed by atoms with E-state index >= 15 is 0 Å². The van der Waals surface area contributed by atoms with Crippen LogP contribution in [0.3, 0.4) is 0 Å². The minimum absolute atomic E-state index is 0.315. The Bertz CT molecular complexity index is 767. The van der Waals surface area contributed by atoms with Gasteiger partial charge in [0.25, 0.3) is 0 Å². The number of aliphatic hydroxyl groups excluding tert-OH is 1. The molecule has 1 aromatic heterocycles. The van der Waals surface area contributed by atoms with Gasteiger partial charge in [-0.2, -0.15) is 4.98 Å². The van der Waals surface area contributed by atoms with Gasteiger partial charge in [-0.3, -0.25) is 19.4 Å². The van der Waals surface area contributed by atoms with E-state index in [2.05, 4.69) is 10.1 Å². The zero-order chi connectivity index (χ0) is 15.6. The highest BCUT2D eigenvalue weighted by molar-refractivity contribution is 7.99. The summed E-state index contributed by atoms with van der Waals surface area (Å²) in [4.78, 5) is 27.0. The highest BCUT2D eigenvalue weighted by Crippen LogP contribution is 2.37. The second-order valence-electron chi connectivity index (χ2n) is 4.35. The smallest absolute Gasteiger partial charge is 0.339 e. The highest BCUT2D eigenvalue weighted by Gasteiger charge is 2.16. The maximum atomic E-state index is 11.4. The molecule has 0 unspecified atom stereocenters. The number of methoxy groups -OCH3 is 1. The molecule has 0 amide bonds. The molecular formula is C13H15N3O4S. The van der Waals surface area contributed by atoms with Crippen molar-refractivity contribution in [1.82, 2.24) is 14.8 Å². The number of benzene rings is 1. The summed E-state index contributed by atoms with van der Waals surface area (Å²) in [6.07, 6.45) is -0.747. The maximum absolute atomic E-state index is 11.4. The second kappa shape index (κ2) is 6.15. The van der Waals surface area contributed by atoms with E-state index in [1.807, 2.05) is 0 Å². The molecule has 1 heterocycles. The minimum atomic E-state index is -0.850. The molecule has 1 atom stereocenters. The summed E-state index contributed by atoms with van der Waals surface area (Å²) in [6.45, 7) is 1.63. The Hall–Kier alpha value is -2.06. The third-order valence-corrected chi connectivity index (χ3v) is 3.94. The predicted molar refractivity (Wildman–Crippen MR) is 77.8 cm³/mol. The van der Waals surface area contributed by atoms with Crippen LogP contribution in [0.4, 0.5) is 0 Å². The number of hydrogen-bond acceptors (Lipinski definition) is 6. The lowest BCUT2D eigenvalue weighted by atomic mass is 10.1. The van der Waals surface area contributed by atoms with Crippen LogP contribution in [0.25, 0.3) is 0 Å². The van der Waals surface area contributed by atoms with E-state index in [4.69, 9.17) is 4.74 Å². The molecule has 0 spiro atoms. The summed E-state index contributed by atoms with van der Waals surface area (Å²) in [5, 5.41) is 12.6. The fraction of sp³-hybridized carbons (Fsp3) is 0.308. The van der Waals surface area contributed by atoms with Crippen molar-refractivity contribution in [2.75, 3.05) is 7.11 Å². The predicted octanol–water partition coefficient (Wildman–Crippen LogP) is 0.682. The van der Waals surface area contributed by atoms with Gasteiger partial charge in [0.05, 0.1) is 13.2 Å². The quantitative estimate of drug-likeness (QED) is 0.806. The molecule has 0 aliphatic heterocycles. The Balaban J connectivity index is 2.52. The number of hydrogen-bond donors (Lipinski definition) is 2. The van der Waals surface area contributed by atoms with Gasteiger partial charge in [0.1, 0.15) is 5.75 Å². The van der Waals surface area contributed by atoms with Gasteiger partial charge in [0.15, 0.2) is 5.16 Å². The van der Waals surface area contributed by atoms with Crippen LogP contribution in [0, 0.1) is 0 Å². The van der Waals surface area contributed by atoms with E-state index in [-0.39, 0.29) is 0 Å². The van der Waals surface area contributed by atoms with Crippen LogP contribution in [-0.2, 0) is 7.05 Å². The Labute approximate surface area is 124 Å². The lowest BCUT2D eigenvalue weighted by Gasteiger charge is -2.16. The summed E-state index contributed by atoms with van der Waals surface area (Å²) in [7, 11) is 3.10. The third kappa shape index (κ3) is 3.17. The first-order chi connectivity index (χ1) is 9.93. The number of H-pyrrole nitrogens is 1. The molecule has 0 saturated heterocycles. The fourth-order valence-corrected chi connectivity index (χ4v) is 2.89. The normalized spacial score (nSPS) is 12.2. The fourth-order valence-electron chi connectivity index (χ4n) is 1.85. The van der Waals surface area contributed by atoms with Crippen molar-refractivity contribution >= 4 is 11.8 Å². The summed E-state index contributed by atoms with van der Waals surface area (Å²) in [6, 6.07) is 5.30. The maximum Gasteiger partial charge on any atom is 0.339 e. The van der Waals surface area contributed by atoms with Crippen LogP contribution in [0.2, 0.25) is 0 Å². The van der Waals surface area contributed by atoms with Gasteiger partial charge in [0.2, 0.25) is 0 Å².